The molecule has 0 saturated heterocycles. The van der Waals surface area contributed by atoms with E-state index in [0.29, 0.717) is 5.92 Å². The van der Waals surface area contributed by atoms with Gasteiger partial charge < -0.3 is 4.74 Å². The normalized spacial score (nSPS) is 20.3. The van der Waals surface area contributed by atoms with E-state index < -0.39 is 0 Å². The molecule has 0 unspecified atom stereocenters. The minimum absolute atomic E-state index is 0.0712. The summed E-state index contributed by atoms with van der Waals surface area (Å²) >= 11 is 0. The number of unbranched alkanes of at least 4 members (excludes halogenated alkanes) is 4. The maximum absolute atomic E-state index is 9.94. The summed E-state index contributed by atoms with van der Waals surface area (Å²) in [6.45, 7) is 10.0. The van der Waals surface area contributed by atoms with Crippen LogP contribution in [-0.4, -0.2) is 6.61 Å². The summed E-state index contributed by atoms with van der Waals surface area (Å²) in [5.74, 6) is 3.09. The maximum Gasteiger partial charge on any atom is 0.119 e. The molecule has 0 radical (unpaired) electrons. The van der Waals surface area contributed by atoms with Crippen molar-refractivity contribution in [1.29, 1.82) is 5.26 Å². The molecule has 38 heavy (non-hydrogen) atoms. The fourth-order valence-corrected chi connectivity index (χ4v) is 6.08. The Morgan fingerprint density at radius 2 is 1.45 bits per heavy atom. The second-order valence-corrected chi connectivity index (χ2v) is 12.5. The Bertz CT molecular complexity index is 944. The van der Waals surface area contributed by atoms with Crippen molar-refractivity contribution in [3.05, 3.63) is 54.1 Å². The molecular weight excluding hydrogens is 462 g/mol. The molecular formula is C36H53NO. The molecule has 2 heteroatoms. The highest BCUT2D eigenvalue weighted by atomic mass is 16.5. The Balaban J connectivity index is 1.43. The predicted molar refractivity (Wildman–Crippen MR) is 162 cm³/mol. The molecule has 2 aromatic carbocycles. The van der Waals surface area contributed by atoms with Crippen molar-refractivity contribution >= 4 is 0 Å². The molecule has 1 atom stereocenters. The fraction of sp³-hybridized carbons (Fsp3) is 0.639. The van der Waals surface area contributed by atoms with Crippen molar-refractivity contribution in [2.24, 2.45) is 17.3 Å². The van der Waals surface area contributed by atoms with Crippen LogP contribution in [0.5, 0.6) is 5.75 Å². The SMILES string of the molecule is CCCCCCCC1(C#N)CCC(c2ccc(-c3ccc(OCC[C@H](C)CCCC(C)C)cc3)cc2)CC1. The minimum Gasteiger partial charge on any atom is -0.494 e. The molecule has 0 bridgehead atoms. The first-order valence-corrected chi connectivity index (χ1v) is 15.7. The van der Waals surface area contributed by atoms with Gasteiger partial charge in [0.15, 0.2) is 0 Å². The van der Waals surface area contributed by atoms with Gasteiger partial charge in [0.05, 0.1) is 18.1 Å². The van der Waals surface area contributed by atoms with E-state index in [9.17, 15) is 5.26 Å². The second kappa shape index (κ2) is 16.0. The third-order valence-electron chi connectivity index (χ3n) is 8.87. The van der Waals surface area contributed by atoms with Gasteiger partial charge in [-0.05, 0) is 85.1 Å². The van der Waals surface area contributed by atoms with E-state index in [1.165, 1.54) is 68.1 Å². The van der Waals surface area contributed by atoms with Gasteiger partial charge in [0.2, 0.25) is 0 Å². The summed E-state index contributed by atoms with van der Waals surface area (Å²) in [6.07, 6.45) is 17.0. The van der Waals surface area contributed by atoms with Crippen LogP contribution in [0.25, 0.3) is 11.1 Å². The highest BCUT2D eigenvalue weighted by Gasteiger charge is 2.35. The first-order valence-electron chi connectivity index (χ1n) is 15.7. The molecule has 2 aromatic rings. The molecule has 1 fully saturated rings. The predicted octanol–water partition coefficient (Wildman–Crippen LogP) is 11.1. The van der Waals surface area contributed by atoms with Crippen LogP contribution in [0.15, 0.2) is 48.5 Å². The molecule has 0 aliphatic heterocycles. The zero-order chi connectivity index (χ0) is 27.2. The minimum atomic E-state index is -0.0712. The Morgan fingerprint density at radius 1 is 0.816 bits per heavy atom. The zero-order valence-corrected chi connectivity index (χ0v) is 24.8. The van der Waals surface area contributed by atoms with Gasteiger partial charge in [0.1, 0.15) is 5.75 Å². The third-order valence-corrected chi connectivity index (χ3v) is 8.87. The molecule has 0 N–H and O–H groups in total. The van der Waals surface area contributed by atoms with Crippen LogP contribution < -0.4 is 4.74 Å². The van der Waals surface area contributed by atoms with Gasteiger partial charge in [-0.15, -0.1) is 0 Å². The number of nitriles is 1. The van der Waals surface area contributed by atoms with Crippen LogP contribution in [-0.2, 0) is 0 Å². The molecule has 1 saturated carbocycles. The lowest BCUT2D eigenvalue weighted by atomic mass is 9.67. The average Bonchev–Trinajstić information content (AvgIpc) is 2.93. The van der Waals surface area contributed by atoms with E-state index in [-0.39, 0.29) is 5.41 Å². The number of ether oxygens (including phenoxy) is 1. The van der Waals surface area contributed by atoms with E-state index in [1.54, 1.807) is 0 Å². The fourth-order valence-electron chi connectivity index (χ4n) is 6.08. The standard InChI is InChI=1S/C36H53NO/c1-5-6-7-8-9-24-36(28-37)25-21-34(22-26-36)32-15-13-31(14-16-32)33-17-19-35(20-18-33)38-27-23-30(4)12-10-11-29(2)3/h13-20,29-30,34H,5-12,21-27H2,1-4H3/t30-,34?,36?/m1/s1. The summed E-state index contributed by atoms with van der Waals surface area (Å²) in [4.78, 5) is 0. The lowest BCUT2D eigenvalue weighted by Gasteiger charge is -2.35. The van der Waals surface area contributed by atoms with Crippen molar-refractivity contribution in [3.63, 3.8) is 0 Å². The van der Waals surface area contributed by atoms with Gasteiger partial charge in [0, 0.05) is 0 Å². The molecule has 3 rings (SSSR count). The molecule has 208 valence electrons. The van der Waals surface area contributed by atoms with Gasteiger partial charge in [-0.1, -0.05) is 115 Å². The van der Waals surface area contributed by atoms with Gasteiger partial charge in [-0.2, -0.15) is 5.26 Å². The Hall–Kier alpha value is -2.27. The summed E-state index contributed by atoms with van der Waals surface area (Å²) in [5.41, 5.74) is 3.86. The van der Waals surface area contributed by atoms with E-state index in [2.05, 4.69) is 82.3 Å². The highest BCUT2D eigenvalue weighted by Crippen LogP contribution is 2.46. The van der Waals surface area contributed by atoms with Gasteiger partial charge in [0.25, 0.3) is 0 Å². The first-order chi connectivity index (χ1) is 18.4. The number of hydrogen-bond donors (Lipinski definition) is 0. The van der Waals surface area contributed by atoms with E-state index in [1.807, 2.05) is 0 Å². The van der Waals surface area contributed by atoms with Crippen molar-refractivity contribution in [2.75, 3.05) is 6.61 Å². The monoisotopic (exact) mass is 515 g/mol. The second-order valence-electron chi connectivity index (χ2n) is 12.5. The van der Waals surface area contributed by atoms with Gasteiger partial charge in [-0.25, -0.2) is 0 Å². The highest BCUT2D eigenvalue weighted by molar-refractivity contribution is 5.64. The first kappa shape index (κ1) is 30.3. The summed E-state index contributed by atoms with van der Waals surface area (Å²) in [6, 6.07) is 20.5. The molecule has 0 aromatic heterocycles. The Kier molecular flexibility index (Phi) is 12.7. The number of nitrogens with zero attached hydrogens (tertiary/aromatic N) is 1. The quantitative estimate of drug-likeness (QED) is 0.208. The van der Waals surface area contributed by atoms with Crippen molar-refractivity contribution in [2.45, 2.75) is 124 Å². The summed E-state index contributed by atoms with van der Waals surface area (Å²) in [7, 11) is 0. The summed E-state index contributed by atoms with van der Waals surface area (Å²) < 4.78 is 6.04. The molecule has 0 amide bonds. The number of rotatable bonds is 16. The summed E-state index contributed by atoms with van der Waals surface area (Å²) in [5, 5.41) is 9.94. The van der Waals surface area contributed by atoms with Crippen LogP contribution in [0.1, 0.15) is 129 Å². The average molecular weight is 516 g/mol. The van der Waals surface area contributed by atoms with Crippen molar-refractivity contribution in [1.82, 2.24) is 0 Å². The Labute approximate surface area is 234 Å². The van der Waals surface area contributed by atoms with Crippen LogP contribution in [0.4, 0.5) is 0 Å². The van der Waals surface area contributed by atoms with Crippen LogP contribution in [0, 0.1) is 28.6 Å². The van der Waals surface area contributed by atoms with E-state index in [4.69, 9.17) is 4.74 Å². The Morgan fingerprint density at radius 3 is 2.05 bits per heavy atom. The van der Waals surface area contributed by atoms with Crippen LogP contribution in [0.2, 0.25) is 0 Å². The molecule has 2 nitrogen and oxygen atoms in total. The molecule has 0 heterocycles. The maximum atomic E-state index is 9.94. The smallest absolute Gasteiger partial charge is 0.119 e. The zero-order valence-electron chi connectivity index (χ0n) is 24.8. The lowest BCUT2D eigenvalue weighted by Crippen LogP contribution is -2.25. The van der Waals surface area contributed by atoms with Gasteiger partial charge in [-0.3, -0.25) is 0 Å². The molecule has 1 aliphatic carbocycles. The largest absolute Gasteiger partial charge is 0.494 e. The van der Waals surface area contributed by atoms with Crippen molar-refractivity contribution < 1.29 is 4.74 Å². The van der Waals surface area contributed by atoms with E-state index in [0.717, 1.165) is 62.7 Å². The third kappa shape index (κ3) is 9.80. The lowest BCUT2D eigenvalue weighted by molar-refractivity contribution is 0.223. The van der Waals surface area contributed by atoms with Crippen LogP contribution in [0.3, 0.4) is 0 Å². The van der Waals surface area contributed by atoms with Gasteiger partial charge >= 0.3 is 0 Å². The van der Waals surface area contributed by atoms with E-state index >= 15 is 0 Å². The topological polar surface area (TPSA) is 33.0 Å². The van der Waals surface area contributed by atoms with Crippen LogP contribution >= 0.6 is 0 Å². The number of hydrogen-bond acceptors (Lipinski definition) is 2. The van der Waals surface area contributed by atoms with Crippen molar-refractivity contribution in [3.8, 4) is 22.9 Å². The number of benzene rings is 2. The molecule has 1 aliphatic rings. The molecule has 0 spiro atoms.